The highest BCUT2D eigenvalue weighted by atomic mass is 35.5. The largest absolute Gasteiger partial charge is 0.271 e. The number of aryl methyl sites for hydroxylation is 1. The average molecular weight is 490 g/mol. The third-order valence-corrected chi connectivity index (χ3v) is 7.22. The zero-order chi connectivity index (χ0) is 23.3. The second-order valence-electron chi connectivity index (χ2n) is 7.00. The van der Waals surface area contributed by atoms with E-state index in [0.717, 1.165) is 15.4 Å². The first kappa shape index (κ1) is 23.8. The van der Waals surface area contributed by atoms with Crippen molar-refractivity contribution >= 4 is 50.5 Å². The molecule has 0 aromatic heterocycles. The Balaban J connectivity index is 1.90. The molecule has 0 saturated carbocycles. The summed E-state index contributed by atoms with van der Waals surface area (Å²) in [6.45, 7) is 3.18. The number of nitrogens with zero attached hydrogens (tertiary/aromatic N) is 2. The predicted molar refractivity (Wildman–Crippen MR) is 129 cm³/mol. The van der Waals surface area contributed by atoms with E-state index in [4.69, 9.17) is 23.2 Å². The van der Waals surface area contributed by atoms with E-state index in [2.05, 4.69) is 10.5 Å². The standard InChI is InChI=1S/C23H21Cl2N3O3S/c1-16-11-13-18(14-12-16)17(2)26-27-22(29)15-28(21-10-6-9-20(24)23(21)25)32(30,31)19-7-4-3-5-8-19/h3-14H,15H2,1-2H3,(H,27,29)/b26-17-. The van der Waals surface area contributed by atoms with E-state index < -0.39 is 22.5 Å². The molecule has 0 heterocycles. The molecule has 1 N–H and O–H groups in total. The van der Waals surface area contributed by atoms with Crippen molar-refractivity contribution in [1.29, 1.82) is 0 Å². The average Bonchev–Trinajstić information content (AvgIpc) is 2.79. The lowest BCUT2D eigenvalue weighted by Gasteiger charge is -2.25. The second kappa shape index (κ2) is 10.2. The number of nitrogens with one attached hydrogen (secondary N) is 1. The number of rotatable bonds is 7. The van der Waals surface area contributed by atoms with Crippen LogP contribution in [0.5, 0.6) is 0 Å². The number of carbonyl (C=O) groups is 1. The Morgan fingerprint density at radius 2 is 1.62 bits per heavy atom. The van der Waals surface area contributed by atoms with Crippen LogP contribution in [0.3, 0.4) is 0 Å². The van der Waals surface area contributed by atoms with Gasteiger partial charge in [-0.1, -0.05) is 77.3 Å². The van der Waals surface area contributed by atoms with Crippen molar-refractivity contribution in [3.63, 3.8) is 0 Å². The summed E-state index contributed by atoms with van der Waals surface area (Å²) in [6.07, 6.45) is 0. The third-order valence-electron chi connectivity index (χ3n) is 4.64. The molecule has 1 amide bonds. The number of halogens is 2. The van der Waals surface area contributed by atoms with Crippen LogP contribution in [0.1, 0.15) is 18.1 Å². The van der Waals surface area contributed by atoms with Gasteiger partial charge in [-0.15, -0.1) is 0 Å². The number of amides is 1. The van der Waals surface area contributed by atoms with Crippen molar-refractivity contribution < 1.29 is 13.2 Å². The maximum absolute atomic E-state index is 13.3. The number of carbonyl (C=O) groups excluding carboxylic acids is 1. The minimum atomic E-state index is -4.10. The van der Waals surface area contributed by atoms with Gasteiger partial charge in [0, 0.05) is 0 Å². The molecule has 3 aromatic carbocycles. The molecule has 6 nitrogen and oxygen atoms in total. The molecule has 0 radical (unpaired) electrons. The highest BCUT2D eigenvalue weighted by Gasteiger charge is 2.29. The zero-order valence-corrected chi connectivity index (χ0v) is 19.7. The monoisotopic (exact) mass is 489 g/mol. The number of hydrogen-bond acceptors (Lipinski definition) is 4. The summed E-state index contributed by atoms with van der Waals surface area (Å²) in [5.74, 6) is -0.632. The Hall–Kier alpha value is -2.87. The second-order valence-corrected chi connectivity index (χ2v) is 9.64. The SMILES string of the molecule is C/C(=N/NC(=O)CN(c1cccc(Cl)c1Cl)S(=O)(=O)c1ccccc1)c1ccc(C)cc1. The molecule has 32 heavy (non-hydrogen) atoms. The van der Waals surface area contributed by atoms with Crippen LogP contribution >= 0.6 is 23.2 Å². The van der Waals surface area contributed by atoms with Gasteiger partial charge in [-0.3, -0.25) is 9.10 Å². The highest BCUT2D eigenvalue weighted by molar-refractivity contribution is 7.92. The number of sulfonamides is 1. The normalized spacial score (nSPS) is 11.8. The molecule has 166 valence electrons. The van der Waals surface area contributed by atoms with Gasteiger partial charge in [-0.05, 0) is 43.7 Å². The van der Waals surface area contributed by atoms with Gasteiger partial charge in [0.15, 0.2) is 0 Å². The summed E-state index contributed by atoms with van der Waals surface area (Å²) in [5, 5.41) is 4.30. The fourth-order valence-corrected chi connectivity index (χ4v) is 4.78. The van der Waals surface area contributed by atoms with Gasteiger partial charge >= 0.3 is 0 Å². The zero-order valence-electron chi connectivity index (χ0n) is 17.4. The van der Waals surface area contributed by atoms with Gasteiger partial charge in [0.25, 0.3) is 15.9 Å². The topological polar surface area (TPSA) is 78.8 Å². The first-order chi connectivity index (χ1) is 15.2. The molecule has 0 aliphatic heterocycles. The van der Waals surface area contributed by atoms with Crippen LogP contribution in [0.15, 0.2) is 82.8 Å². The smallest absolute Gasteiger partial charge is 0.264 e. The van der Waals surface area contributed by atoms with Crippen molar-refractivity contribution in [2.24, 2.45) is 5.10 Å². The fraction of sp³-hybridized carbons (Fsp3) is 0.130. The van der Waals surface area contributed by atoms with Crippen molar-refractivity contribution in [2.75, 3.05) is 10.8 Å². The lowest BCUT2D eigenvalue weighted by molar-refractivity contribution is -0.119. The van der Waals surface area contributed by atoms with Gasteiger partial charge in [-0.25, -0.2) is 13.8 Å². The minimum Gasteiger partial charge on any atom is -0.271 e. The van der Waals surface area contributed by atoms with Crippen molar-refractivity contribution in [3.05, 3.63) is 94.0 Å². The van der Waals surface area contributed by atoms with Gasteiger partial charge in [0.1, 0.15) is 6.54 Å². The van der Waals surface area contributed by atoms with Crippen LogP contribution in [0.4, 0.5) is 5.69 Å². The molecule has 9 heteroatoms. The molecular weight excluding hydrogens is 469 g/mol. The summed E-state index contributed by atoms with van der Waals surface area (Å²) in [4.78, 5) is 12.7. The van der Waals surface area contributed by atoms with E-state index in [0.29, 0.717) is 5.71 Å². The van der Waals surface area contributed by atoms with Crippen LogP contribution in [0, 0.1) is 6.92 Å². The van der Waals surface area contributed by atoms with Crippen LogP contribution in [0.2, 0.25) is 10.0 Å². The van der Waals surface area contributed by atoms with E-state index in [-0.39, 0.29) is 20.6 Å². The molecule has 0 fully saturated rings. The van der Waals surface area contributed by atoms with E-state index in [9.17, 15) is 13.2 Å². The molecule has 0 bridgehead atoms. The minimum absolute atomic E-state index is 0.0168. The molecule has 0 saturated heterocycles. The van der Waals surface area contributed by atoms with Crippen LogP contribution in [-0.4, -0.2) is 26.6 Å². The quantitative estimate of drug-likeness (QED) is 0.373. The maximum Gasteiger partial charge on any atom is 0.264 e. The van der Waals surface area contributed by atoms with E-state index >= 15 is 0 Å². The highest BCUT2D eigenvalue weighted by Crippen LogP contribution is 2.35. The molecule has 0 atom stereocenters. The lowest BCUT2D eigenvalue weighted by Crippen LogP contribution is -2.40. The summed E-state index contributed by atoms with van der Waals surface area (Å²) in [5.41, 5.74) is 5.03. The Labute approximate surface area is 197 Å². The van der Waals surface area contributed by atoms with Gasteiger partial charge in [-0.2, -0.15) is 5.10 Å². The fourth-order valence-electron chi connectivity index (χ4n) is 2.88. The van der Waals surface area contributed by atoms with Crippen LogP contribution in [0.25, 0.3) is 0 Å². The molecule has 0 spiro atoms. The Bertz CT molecular complexity index is 1250. The molecular formula is C23H21Cl2N3O3S. The molecule has 0 aliphatic rings. The number of benzene rings is 3. The van der Waals surface area contributed by atoms with Crippen LogP contribution in [-0.2, 0) is 14.8 Å². The Morgan fingerprint density at radius 1 is 0.969 bits per heavy atom. The lowest BCUT2D eigenvalue weighted by atomic mass is 10.1. The summed E-state index contributed by atoms with van der Waals surface area (Å²) in [7, 11) is -4.10. The van der Waals surface area contributed by atoms with Gasteiger partial charge in [0.2, 0.25) is 0 Å². The Morgan fingerprint density at radius 3 is 2.28 bits per heavy atom. The first-order valence-corrected chi connectivity index (χ1v) is 11.8. The van der Waals surface area contributed by atoms with E-state index in [1.165, 1.54) is 24.3 Å². The summed E-state index contributed by atoms with van der Waals surface area (Å²) in [6, 6.07) is 20.0. The molecule has 3 rings (SSSR count). The summed E-state index contributed by atoms with van der Waals surface area (Å²) < 4.78 is 27.6. The Kier molecular flexibility index (Phi) is 7.56. The molecule has 0 unspecified atom stereocenters. The predicted octanol–water partition coefficient (Wildman–Crippen LogP) is 5.04. The number of hydrogen-bond donors (Lipinski definition) is 1. The first-order valence-electron chi connectivity index (χ1n) is 9.62. The molecule has 0 aliphatic carbocycles. The van der Waals surface area contributed by atoms with E-state index in [1.807, 2.05) is 31.2 Å². The maximum atomic E-state index is 13.3. The van der Waals surface area contributed by atoms with Crippen LogP contribution < -0.4 is 9.73 Å². The van der Waals surface area contributed by atoms with Crippen molar-refractivity contribution in [1.82, 2.24) is 5.43 Å². The number of hydrazone groups is 1. The van der Waals surface area contributed by atoms with Crippen molar-refractivity contribution in [3.8, 4) is 0 Å². The summed E-state index contributed by atoms with van der Waals surface area (Å²) >= 11 is 12.4. The molecule has 3 aromatic rings. The third kappa shape index (κ3) is 5.48. The van der Waals surface area contributed by atoms with Crippen molar-refractivity contribution in [2.45, 2.75) is 18.7 Å². The van der Waals surface area contributed by atoms with Gasteiger partial charge in [0.05, 0.1) is 26.3 Å². The number of anilines is 1. The van der Waals surface area contributed by atoms with E-state index in [1.54, 1.807) is 31.2 Å². The van der Waals surface area contributed by atoms with Gasteiger partial charge < -0.3 is 0 Å².